The average Bonchev–Trinajstić information content (AvgIpc) is 2.54. The van der Waals surface area contributed by atoms with Crippen molar-refractivity contribution in [3.8, 4) is 0 Å². The van der Waals surface area contributed by atoms with Gasteiger partial charge in [0.2, 0.25) is 0 Å². The Bertz CT molecular complexity index is 517. The zero-order valence-corrected chi connectivity index (χ0v) is 13.3. The number of carboxylic acids is 2. The van der Waals surface area contributed by atoms with E-state index in [1.165, 1.54) is 12.2 Å². The van der Waals surface area contributed by atoms with E-state index in [1.54, 1.807) is 18.2 Å². The van der Waals surface area contributed by atoms with Crippen LogP contribution in [-0.2, 0) is 9.59 Å². The summed E-state index contributed by atoms with van der Waals surface area (Å²) in [6.07, 6.45) is 7.15. The standard InChI is InChI=1S/C14H16O4.C3H8O3/c1-3-6-10-7-5-9-14(8-4-2,13(17)18)11(10)12(15)16;4-1-3(6)2-5/h3-5,7,9,11H,1-2,6,8H2,(H,15,16)(H,17,18);3-6H,1-2H2. The molecule has 0 saturated heterocycles. The van der Waals surface area contributed by atoms with Gasteiger partial charge in [-0.05, 0) is 12.8 Å². The van der Waals surface area contributed by atoms with E-state index in [1.807, 2.05) is 0 Å². The summed E-state index contributed by atoms with van der Waals surface area (Å²) >= 11 is 0. The molecule has 5 N–H and O–H groups in total. The van der Waals surface area contributed by atoms with Crippen LogP contribution >= 0.6 is 0 Å². The van der Waals surface area contributed by atoms with Crippen LogP contribution in [0, 0.1) is 11.3 Å². The van der Waals surface area contributed by atoms with Crippen LogP contribution in [0.3, 0.4) is 0 Å². The first-order chi connectivity index (χ1) is 11.3. The summed E-state index contributed by atoms with van der Waals surface area (Å²) in [5, 5.41) is 42.8. The Hall–Kier alpha value is -2.22. The number of aliphatic hydroxyl groups excluding tert-OH is 3. The van der Waals surface area contributed by atoms with Gasteiger partial charge in [-0.2, -0.15) is 0 Å². The Balaban J connectivity index is 0.000000754. The van der Waals surface area contributed by atoms with Crippen LogP contribution < -0.4 is 0 Å². The summed E-state index contributed by atoms with van der Waals surface area (Å²) in [6, 6.07) is 0. The molecule has 0 spiro atoms. The minimum absolute atomic E-state index is 0.0737. The van der Waals surface area contributed by atoms with E-state index in [-0.39, 0.29) is 19.6 Å². The molecule has 7 nitrogen and oxygen atoms in total. The zero-order valence-electron chi connectivity index (χ0n) is 13.3. The van der Waals surface area contributed by atoms with E-state index < -0.39 is 29.4 Å². The third-order valence-corrected chi connectivity index (χ3v) is 3.52. The highest BCUT2D eigenvalue weighted by molar-refractivity contribution is 5.88. The van der Waals surface area contributed by atoms with Gasteiger partial charge in [0.1, 0.15) is 11.5 Å². The first kappa shape index (κ1) is 21.8. The number of hydrogen-bond donors (Lipinski definition) is 5. The number of aliphatic hydroxyl groups is 3. The molecule has 0 heterocycles. The molecule has 1 rings (SSSR count). The topological polar surface area (TPSA) is 135 Å². The molecule has 0 amide bonds. The lowest BCUT2D eigenvalue weighted by molar-refractivity contribution is -0.157. The van der Waals surface area contributed by atoms with Crippen molar-refractivity contribution < 1.29 is 35.1 Å². The highest BCUT2D eigenvalue weighted by atomic mass is 16.4. The van der Waals surface area contributed by atoms with Crippen LogP contribution in [0.1, 0.15) is 12.8 Å². The second kappa shape index (κ2) is 10.5. The van der Waals surface area contributed by atoms with Crippen LogP contribution in [0.25, 0.3) is 0 Å². The fourth-order valence-corrected chi connectivity index (χ4v) is 2.36. The van der Waals surface area contributed by atoms with Crippen LogP contribution in [-0.4, -0.2) is 56.8 Å². The molecule has 0 aliphatic heterocycles. The summed E-state index contributed by atoms with van der Waals surface area (Å²) in [5.74, 6) is -3.38. The minimum Gasteiger partial charge on any atom is -0.481 e. The van der Waals surface area contributed by atoms with Crippen molar-refractivity contribution in [2.24, 2.45) is 11.3 Å². The monoisotopic (exact) mass is 340 g/mol. The Morgan fingerprint density at radius 1 is 1.21 bits per heavy atom. The first-order valence-electron chi connectivity index (χ1n) is 7.26. The zero-order chi connectivity index (χ0) is 18.8. The van der Waals surface area contributed by atoms with Gasteiger partial charge < -0.3 is 25.5 Å². The molecular formula is C17H24O7. The van der Waals surface area contributed by atoms with Crippen molar-refractivity contribution in [3.05, 3.63) is 49.1 Å². The SMILES string of the molecule is C=CCC1=CC=CC(CC=C)(C(=O)O)C1C(=O)O.OCC(O)CO. The van der Waals surface area contributed by atoms with Crippen LogP contribution in [0.15, 0.2) is 49.1 Å². The Morgan fingerprint density at radius 3 is 2.12 bits per heavy atom. The van der Waals surface area contributed by atoms with Crippen LogP contribution in [0.4, 0.5) is 0 Å². The summed E-state index contributed by atoms with van der Waals surface area (Å²) < 4.78 is 0. The van der Waals surface area contributed by atoms with Gasteiger partial charge in [-0.3, -0.25) is 9.59 Å². The van der Waals surface area contributed by atoms with E-state index in [2.05, 4.69) is 13.2 Å². The largest absolute Gasteiger partial charge is 0.481 e. The molecule has 24 heavy (non-hydrogen) atoms. The van der Waals surface area contributed by atoms with E-state index in [4.69, 9.17) is 15.3 Å². The maximum atomic E-state index is 11.5. The molecule has 1 aliphatic rings. The fraction of sp³-hybridized carbons (Fsp3) is 0.412. The maximum absolute atomic E-state index is 11.5. The molecule has 0 radical (unpaired) electrons. The molecule has 0 aromatic heterocycles. The highest BCUT2D eigenvalue weighted by Gasteiger charge is 2.49. The number of allylic oxidation sites excluding steroid dienone is 4. The van der Waals surface area contributed by atoms with Crippen LogP contribution in [0.5, 0.6) is 0 Å². The van der Waals surface area contributed by atoms with Crippen molar-refractivity contribution in [2.75, 3.05) is 13.2 Å². The predicted molar refractivity (Wildman–Crippen MR) is 88.2 cm³/mol. The Kier molecular flexibility index (Phi) is 9.56. The second-order valence-electron chi connectivity index (χ2n) is 5.22. The van der Waals surface area contributed by atoms with Gasteiger partial charge in [0.25, 0.3) is 0 Å². The van der Waals surface area contributed by atoms with Gasteiger partial charge in [-0.1, -0.05) is 36.0 Å². The smallest absolute Gasteiger partial charge is 0.315 e. The fourth-order valence-electron chi connectivity index (χ4n) is 2.36. The average molecular weight is 340 g/mol. The van der Waals surface area contributed by atoms with Gasteiger partial charge in [0.15, 0.2) is 0 Å². The number of carbonyl (C=O) groups is 2. The van der Waals surface area contributed by atoms with Gasteiger partial charge >= 0.3 is 11.9 Å². The first-order valence-corrected chi connectivity index (χ1v) is 7.26. The lowest BCUT2D eigenvalue weighted by Gasteiger charge is -2.34. The molecule has 0 fully saturated rings. The molecular weight excluding hydrogens is 316 g/mol. The maximum Gasteiger partial charge on any atom is 0.315 e. The molecule has 134 valence electrons. The summed E-state index contributed by atoms with van der Waals surface area (Å²) in [7, 11) is 0. The second-order valence-corrected chi connectivity index (χ2v) is 5.22. The summed E-state index contributed by atoms with van der Waals surface area (Å²) in [4.78, 5) is 22.9. The van der Waals surface area contributed by atoms with Gasteiger partial charge in [-0.15, -0.1) is 13.2 Å². The molecule has 0 aromatic carbocycles. The number of rotatable bonds is 8. The van der Waals surface area contributed by atoms with Crippen molar-refractivity contribution in [3.63, 3.8) is 0 Å². The third-order valence-electron chi connectivity index (χ3n) is 3.52. The quantitative estimate of drug-likeness (QED) is 0.411. The van der Waals surface area contributed by atoms with E-state index >= 15 is 0 Å². The van der Waals surface area contributed by atoms with Gasteiger partial charge in [-0.25, -0.2) is 0 Å². The highest BCUT2D eigenvalue weighted by Crippen LogP contribution is 2.42. The number of aliphatic carboxylic acids is 2. The molecule has 0 bridgehead atoms. The van der Waals surface area contributed by atoms with Crippen molar-refractivity contribution in [2.45, 2.75) is 18.9 Å². The molecule has 1 aliphatic carbocycles. The minimum atomic E-state index is -1.46. The molecule has 2 unspecified atom stereocenters. The third kappa shape index (κ3) is 5.45. The summed E-state index contributed by atoms with van der Waals surface area (Å²) in [6.45, 7) is 6.35. The van der Waals surface area contributed by atoms with E-state index in [9.17, 15) is 19.8 Å². The van der Waals surface area contributed by atoms with E-state index in [0.29, 0.717) is 12.0 Å². The number of carboxylic acid groups (broad SMARTS) is 2. The van der Waals surface area contributed by atoms with Gasteiger partial charge in [0, 0.05) is 0 Å². The van der Waals surface area contributed by atoms with E-state index in [0.717, 1.165) is 0 Å². The van der Waals surface area contributed by atoms with Crippen molar-refractivity contribution in [1.82, 2.24) is 0 Å². The molecule has 0 saturated carbocycles. The summed E-state index contributed by atoms with van der Waals surface area (Å²) in [5.41, 5.74) is -0.912. The number of hydrogen-bond acceptors (Lipinski definition) is 5. The lowest BCUT2D eigenvalue weighted by atomic mass is 9.66. The molecule has 0 aromatic rings. The normalized spacial score (nSPS) is 22.2. The lowest BCUT2D eigenvalue weighted by Crippen LogP contribution is -2.43. The van der Waals surface area contributed by atoms with Crippen molar-refractivity contribution in [1.29, 1.82) is 0 Å². The van der Waals surface area contributed by atoms with Gasteiger partial charge in [0.05, 0.1) is 19.1 Å². The predicted octanol–water partition coefficient (Wildman–Crippen LogP) is 0.738. The molecule has 7 heteroatoms. The Morgan fingerprint density at radius 2 is 1.79 bits per heavy atom. The Labute approximate surface area is 140 Å². The molecule has 2 atom stereocenters. The van der Waals surface area contributed by atoms with Crippen LogP contribution in [0.2, 0.25) is 0 Å². The van der Waals surface area contributed by atoms with Crippen molar-refractivity contribution >= 4 is 11.9 Å².